The molecule has 1 aliphatic rings. The molecule has 0 spiro atoms. The fraction of sp³-hybridized carbons (Fsp3) is 0.0400. The number of anilines is 4. The van der Waals surface area contributed by atoms with Crippen molar-refractivity contribution < 1.29 is 0 Å². The predicted octanol–water partition coefficient (Wildman–Crippen LogP) is 13.4. The molecule has 0 aliphatic carbocycles. The summed E-state index contributed by atoms with van der Waals surface area (Å²) in [6.07, 6.45) is 16.9. The van der Waals surface area contributed by atoms with Gasteiger partial charge < -0.3 is 9.80 Å². The quantitative estimate of drug-likeness (QED) is 0.117. The van der Waals surface area contributed by atoms with Gasteiger partial charge in [0.15, 0.2) is 0 Å². The lowest BCUT2D eigenvalue weighted by Gasteiger charge is -2.28. The Bertz CT molecular complexity index is 2540. The number of benzene rings is 7. The lowest BCUT2D eigenvalue weighted by Crippen LogP contribution is -2.19. The predicted molar refractivity (Wildman–Crippen MR) is 227 cm³/mol. The second-order valence-electron chi connectivity index (χ2n) is 13.1. The normalized spacial score (nSPS) is 14.6. The molecular weight excluding hydrogens is 629 g/mol. The van der Waals surface area contributed by atoms with Gasteiger partial charge in [0, 0.05) is 41.2 Å². The van der Waals surface area contributed by atoms with E-state index in [2.05, 4.69) is 205 Å². The van der Waals surface area contributed by atoms with E-state index in [1.807, 2.05) is 12.1 Å². The van der Waals surface area contributed by atoms with E-state index in [0.29, 0.717) is 6.54 Å². The van der Waals surface area contributed by atoms with E-state index in [1.165, 1.54) is 38.0 Å². The van der Waals surface area contributed by atoms with Crippen LogP contribution in [-0.2, 0) is 0 Å². The van der Waals surface area contributed by atoms with Gasteiger partial charge in [-0.3, -0.25) is 0 Å². The summed E-state index contributed by atoms with van der Waals surface area (Å²) in [7, 11) is 0. The first kappa shape index (κ1) is 32.6. The summed E-state index contributed by atoms with van der Waals surface area (Å²) in [6, 6.07) is 52.5. The molecule has 0 unspecified atom stereocenters. The minimum absolute atomic E-state index is 0.688. The summed E-state index contributed by atoms with van der Waals surface area (Å²) in [6.45, 7) is 9.81. The zero-order valence-electron chi connectivity index (χ0n) is 29.2. The molecule has 2 heteroatoms. The van der Waals surface area contributed by atoms with Gasteiger partial charge in [-0.05, 0) is 104 Å². The van der Waals surface area contributed by atoms with Gasteiger partial charge in [0.1, 0.15) is 0 Å². The number of hydrogen-bond donors (Lipinski definition) is 0. The molecule has 0 radical (unpaired) electrons. The van der Waals surface area contributed by atoms with Crippen LogP contribution in [0.2, 0.25) is 0 Å². The van der Waals surface area contributed by atoms with Gasteiger partial charge in [-0.15, -0.1) is 0 Å². The van der Waals surface area contributed by atoms with E-state index in [4.69, 9.17) is 0 Å². The standard InChI is InChI=1S/C50H40N2/c1-3-15-38(39-17-7-4-8-18-39)23-14-33-51(47-27-26-43-34-41-19-9-10-20-42(41)35-44(43)36-47)45-28-30-46(31-29-45)52-32-11-5-6-16-37(2)48-24-12-21-40-22-13-25-49(52)50(40)48/h3-31,34-36H,1-2,32-33H2/b11-5-,16-6-,23-14-,38-15+. The van der Waals surface area contributed by atoms with E-state index in [9.17, 15) is 0 Å². The topological polar surface area (TPSA) is 6.48 Å². The fourth-order valence-corrected chi connectivity index (χ4v) is 7.22. The van der Waals surface area contributed by atoms with E-state index >= 15 is 0 Å². The maximum Gasteiger partial charge on any atom is 0.0499 e. The largest absolute Gasteiger partial charge is 0.338 e. The minimum atomic E-state index is 0.688. The molecule has 0 saturated carbocycles. The Balaban J connectivity index is 1.19. The fourth-order valence-electron chi connectivity index (χ4n) is 7.22. The highest BCUT2D eigenvalue weighted by Gasteiger charge is 2.17. The number of rotatable bonds is 8. The van der Waals surface area contributed by atoms with E-state index in [1.54, 1.807) is 0 Å². The average Bonchev–Trinajstić information content (AvgIpc) is 3.19. The summed E-state index contributed by atoms with van der Waals surface area (Å²) < 4.78 is 0. The molecule has 7 aromatic rings. The van der Waals surface area contributed by atoms with Crippen molar-refractivity contribution >= 4 is 66.2 Å². The van der Waals surface area contributed by atoms with Crippen molar-refractivity contribution in [3.05, 3.63) is 218 Å². The van der Waals surface area contributed by atoms with Crippen LogP contribution in [0, 0.1) is 0 Å². The highest BCUT2D eigenvalue weighted by atomic mass is 15.1. The molecular formula is C50H40N2. The maximum atomic E-state index is 4.41. The zero-order valence-corrected chi connectivity index (χ0v) is 29.2. The molecule has 1 heterocycles. The van der Waals surface area contributed by atoms with Crippen LogP contribution in [0.15, 0.2) is 207 Å². The van der Waals surface area contributed by atoms with E-state index < -0.39 is 0 Å². The molecule has 0 saturated heterocycles. The van der Waals surface area contributed by atoms with Crippen molar-refractivity contribution in [1.29, 1.82) is 0 Å². The molecule has 52 heavy (non-hydrogen) atoms. The number of allylic oxidation sites excluding steroid dienone is 8. The lowest BCUT2D eigenvalue weighted by atomic mass is 9.96. The Morgan fingerprint density at radius 2 is 1.35 bits per heavy atom. The van der Waals surface area contributed by atoms with Crippen LogP contribution in [0.1, 0.15) is 11.1 Å². The molecule has 0 amide bonds. The molecule has 0 bridgehead atoms. The van der Waals surface area contributed by atoms with Crippen molar-refractivity contribution in [2.75, 3.05) is 22.9 Å². The van der Waals surface area contributed by atoms with Crippen LogP contribution in [0.3, 0.4) is 0 Å². The average molecular weight is 669 g/mol. The van der Waals surface area contributed by atoms with Crippen molar-refractivity contribution in [2.24, 2.45) is 0 Å². The Hall–Kier alpha value is -6.64. The van der Waals surface area contributed by atoms with Crippen molar-refractivity contribution in [3.8, 4) is 0 Å². The molecule has 0 fully saturated rings. The summed E-state index contributed by atoms with van der Waals surface area (Å²) in [5.41, 5.74) is 9.01. The van der Waals surface area contributed by atoms with Crippen LogP contribution in [0.4, 0.5) is 22.7 Å². The number of nitrogens with zero attached hydrogens (tertiary/aromatic N) is 2. The smallest absolute Gasteiger partial charge is 0.0499 e. The lowest BCUT2D eigenvalue weighted by molar-refractivity contribution is 1.08. The van der Waals surface area contributed by atoms with Gasteiger partial charge in [-0.1, -0.05) is 153 Å². The minimum Gasteiger partial charge on any atom is -0.338 e. The Labute approximate surface area is 306 Å². The number of fused-ring (bicyclic) bond motifs is 2. The van der Waals surface area contributed by atoms with Crippen LogP contribution < -0.4 is 9.80 Å². The summed E-state index contributed by atoms with van der Waals surface area (Å²) in [5.74, 6) is 0. The molecule has 0 N–H and O–H groups in total. The highest BCUT2D eigenvalue weighted by Crippen LogP contribution is 2.39. The summed E-state index contributed by atoms with van der Waals surface area (Å²) in [4.78, 5) is 4.79. The SMILES string of the molecule is C=C/C=C(\C=C/CN(c1ccc(N2C/C=C\C=C/C(=C)c3cccc4cccc2c34)cc1)c1ccc2cc3ccccc3cc2c1)c1ccccc1. The van der Waals surface area contributed by atoms with Gasteiger partial charge in [-0.2, -0.15) is 0 Å². The van der Waals surface area contributed by atoms with Crippen LogP contribution >= 0.6 is 0 Å². The van der Waals surface area contributed by atoms with Gasteiger partial charge in [0.25, 0.3) is 0 Å². The first-order valence-electron chi connectivity index (χ1n) is 17.8. The first-order valence-corrected chi connectivity index (χ1v) is 17.8. The van der Waals surface area contributed by atoms with Crippen molar-refractivity contribution in [3.63, 3.8) is 0 Å². The second kappa shape index (κ2) is 14.7. The van der Waals surface area contributed by atoms with Crippen molar-refractivity contribution in [2.45, 2.75) is 0 Å². The van der Waals surface area contributed by atoms with E-state index in [-0.39, 0.29) is 0 Å². The Morgan fingerprint density at radius 1 is 0.654 bits per heavy atom. The van der Waals surface area contributed by atoms with Crippen LogP contribution in [-0.4, -0.2) is 13.1 Å². The summed E-state index contributed by atoms with van der Waals surface area (Å²) >= 11 is 0. The molecule has 7 aromatic carbocycles. The monoisotopic (exact) mass is 668 g/mol. The van der Waals surface area contributed by atoms with Crippen molar-refractivity contribution in [1.82, 2.24) is 0 Å². The summed E-state index contributed by atoms with van der Waals surface area (Å²) in [5, 5.41) is 7.38. The Kier molecular flexibility index (Phi) is 9.19. The molecule has 1 aliphatic heterocycles. The first-order chi connectivity index (χ1) is 25.7. The molecule has 0 atom stereocenters. The highest BCUT2D eigenvalue weighted by molar-refractivity contribution is 6.05. The Morgan fingerprint density at radius 3 is 2.13 bits per heavy atom. The third-order valence-corrected chi connectivity index (χ3v) is 9.82. The zero-order chi connectivity index (χ0) is 35.3. The van der Waals surface area contributed by atoms with E-state index in [0.717, 1.165) is 45.9 Å². The van der Waals surface area contributed by atoms with Crippen LogP contribution in [0.5, 0.6) is 0 Å². The van der Waals surface area contributed by atoms with Gasteiger partial charge >= 0.3 is 0 Å². The third kappa shape index (κ3) is 6.63. The molecule has 2 nitrogen and oxygen atoms in total. The van der Waals surface area contributed by atoms with Gasteiger partial charge in [0.2, 0.25) is 0 Å². The van der Waals surface area contributed by atoms with Gasteiger partial charge in [-0.25, -0.2) is 0 Å². The molecule has 250 valence electrons. The second-order valence-corrected chi connectivity index (χ2v) is 13.1. The molecule has 0 aromatic heterocycles. The third-order valence-electron chi connectivity index (χ3n) is 9.82. The van der Waals surface area contributed by atoms with Gasteiger partial charge in [0.05, 0.1) is 0 Å². The number of hydrogen-bond acceptors (Lipinski definition) is 2. The molecule has 8 rings (SSSR count). The maximum absolute atomic E-state index is 4.41. The van der Waals surface area contributed by atoms with Crippen LogP contribution in [0.25, 0.3) is 43.5 Å².